The third-order valence-electron chi connectivity index (χ3n) is 4.10. The maximum atomic E-state index is 12.7. The molecule has 0 saturated carbocycles. The molecule has 0 aliphatic heterocycles. The van der Waals surface area contributed by atoms with Crippen LogP contribution in [0.2, 0.25) is 0 Å². The first-order chi connectivity index (χ1) is 11.5. The number of rotatable bonds is 15. The quantitative estimate of drug-likeness (QED) is 0.190. The summed E-state index contributed by atoms with van der Waals surface area (Å²) < 4.78 is 71.8. The van der Waals surface area contributed by atoms with E-state index in [4.69, 9.17) is 9.79 Å². The summed E-state index contributed by atoms with van der Waals surface area (Å²) in [6.45, 7) is 0. The number of alkyl halides is 5. The smallest absolute Gasteiger partial charge is 0.324 e. The molecule has 3 nitrogen and oxygen atoms in total. The van der Waals surface area contributed by atoms with Crippen molar-refractivity contribution >= 4 is 7.60 Å². The average molecular weight is 396 g/mol. The zero-order valence-corrected chi connectivity index (χ0v) is 15.4. The Morgan fingerprint density at radius 3 is 1.24 bits per heavy atom. The van der Waals surface area contributed by atoms with Gasteiger partial charge in [-0.3, -0.25) is 4.57 Å². The van der Waals surface area contributed by atoms with Gasteiger partial charge < -0.3 is 9.79 Å². The number of halogens is 5. The minimum atomic E-state index is -5.44. The summed E-state index contributed by atoms with van der Waals surface area (Å²) in [5.74, 6) is -4.57. The molecule has 0 radical (unpaired) electrons. The van der Waals surface area contributed by atoms with Gasteiger partial charge in [-0.2, -0.15) is 22.0 Å². The van der Waals surface area contributed by atoms with Gasteiger partial charge in [-0.25, -0.2) is 0 Å². The predicted molar refractivity (Wildman–Crippen MR) is 87.9 cm³/mol. The van der Waals surface area contributed by atoms with Crippen molar-refractivity contribution in [3.8, 4) is 0 Å². The molecule has 0 aromatic heterocycles. The van der Waals surface area contributed by atoms with Gasteiger partial charge in [0.05, 0.1) is 0 Å². The van der Waals surface area contributed by atoms with Gasteiger partial charge in [0.15, 0.2) is 0 Å². The molecular weight excluding hydrogens is 366 g/mol. The predicted octanol–water partition coefficient (Wildman–Crippen LogP) is 6.43. The molecule has 0 aromatic rings. The zero-order chi connectivity index (χ0) is 19.4. The molecule has 0 fully saturated rings. The lowest BCUT2D eigenvalue weighted by Crippen LogP contribution is -2.36. The Morgan fingerprint density at radius 2 is 0.920 bits per heavy atom. The van der Waals surface area contributed by atoms with Crippen LogP contribution in [0.5, 0.6) is 0 Å². The van der Waals surface area contributed by atoms with Gasteiger partial charge in [0, 0.05) is 12.6 Å². The fourth-order valence-electron chi connectivity index (χ4n) is 2.57. The van der Waals surface area contributed by atoms with Crippen LogP contribution < -0.4 is 0 Å². The molecule has 0 atom stereocenters. The molecule has 0 heterocycles. The van der Waals surface area contributed by atoms with Crippen LogP contribution in [0.4, 0.5) is 22.0 Å². The summed E-state index contributed by atoms with van der Waals surface area (Å²) in [6, 6.07) is 0. The highest BCUT2D eigenvalue weighted by atomic mass is 31.2. The fraction of sp³-hybridized carbons (Fsp3) is 1.00. The minimum absolute atomic E-state index is 0.0537. The Hall–Kier alpha value is -0.200. The molecule has 2 N–H and O–H groups in total. The van der Waals surface area contributed by atoms with Gasteiger partial charge in [0.1, 0.15) is 0 Å². The molecule has 9 heteroatoms. The standard InChI is InChI=1S/C16H30F5O3P/c17-15(18,16(19,20)21)13-11-9-7-5-3-1-2-4-6-8-10-12-14-25(22,23)24/h1-14H2,(H2,22,23,24). The Balaban J connectivity index is 3.31. The van der Waals surface area contributed by atoms with Crippen molar-refractivity contribution in [2.24, 2.45) is 0 Å². The van der Waals surface area contributed by atoms with Crippen molar-refractivity contribution in [2.75, 3.05) is 6.16 Å². The van der Waals surface area contributed by atoms with E-state index in [0.29, 0.717) is 19.3 Å². The van der Waals surface area contributed by atoms with Crippen molar-refractivity contribution in [1.82, 2.24) is 0 Å². The Bertz CT molecular complexity index is 382. The maximum Gasteiger partial charge on any atom is 0.453 e. The van der Waals surface area contributed by atoms with E-state index in [-0.39, 0.29) is 12.6 Å². The van der Waals surface area contributed by atoms with E-state index in [1.165, 1.54) is 0 Å². The lowest BCUT2D eigenvalue weighted by molar-refractivity contribution is -0.284. The van der Waals surface area contributed by atoms with E-state index in [1.54, 1.807) is 0 Å². The summed E-state index contributed by atoms with van der Waals surface area (Å²) in [6.07, 6.45) is 2.58. The highest BCUT2D eigenvalue weighted by Crippen LogP contribution is 2.39. The first-order valence-corrected chi connectivity index (χ1v) is 10.7. The third kappa shape index (κ3) is 14.6. The van der Waals surface area contributed by atoms with Crippen molar-refractivity contribution in [3.63, 3.8) is 0 Å². The molecule has 25 heavy (non-hydrogen) atoms. The summed E-state index contributed by atoms with van der Waals surface area (Å²) >= 11 is 0. The Morgan fingerprint density at radius 1 is 0.600 bits per heavy atom. The number of hydrogen-bond donors (Lipinski definition) is 2. The van der Waals surface area contributed by atoms with Gasteiger partial charge in [-0.05, 0) is 12.8 Å². The van der Waals surface area contributed by atoms with Crippen molar-refractivity contribution in [3.05, 3.63) is 0 Å². The highest BCUT2D eigenvalue weighted by Gasteiger charge is 2.56. The van der Waals surface area contributed by atoms with Crippen LogP contribution in [0.15, 0.2) is 0 Å². The van der Waals surface area contributed by atoms with Gasteiger partial charge in [-0.15, -0.1) is 0 Å². The van der Waals surface area contributed by atoms with Gasteiger partial charge in [-0.1, -0.05) is 64.2 Å². The lowest BCUT2D eigenvalue weighted by Gasteiger charge is -2.19. The maximum absolute atomic E-state index is 12.7. The van der Waals surface area contributed by atoms with E-state index < -0.39 is 26.1 Å². The van der Waals surface area contributed by atoms with E-state index >= 15 is 0 Å². The Kier molecular flexibility index (Phi) is 12.1. The topological polar surface area (TPSA) is 57.5 Å². The minimum Gasteiger partial charge on any atom is -0.324 e. The SMILES string of the molecule is O=P(O)(O)CCCCCCCCCCCCCCC(F)(F)C(F)(F)F. The third-order valence-corrected chi connectivity index (χ3v) is 5.00. The van der Waals surface area contributed by atoms with Crippen LogP contribution in [0, 0.1) is 0 Å². The van der Waals surface area contributed by atoms with Gasteiger partial charge >= 0.3 is 19.7 Å². The fourth-order valence-corrected chi connectivity index (χ4v) is 3.21. The van der Waals surface area contributed by atoms with E-state index in [0.717, 1.165) is 51.4 Å². The van der Waals surface area contributed by atoms with Crippen LogP contribution >= 0.6 is 7.60 Å². The largest absolute Gasteiger partial charge is 0.453 e. The second kappa shape index (κ2) is 12.2. The lowest BCUT2D eigenvalue weighted by atomic mass is 10.0. The summed E-state index contributed by atoms with van der Waals surface area (Å²) in [5.41, 5.74) is 0. The highest BCUT2D eigenvalue weighted by molar-refractivity contribution is 7.51. The number of unbranched alkanes of at least 4 members (excludes halogenated alkanes) is 11. The summed E-state index contributed by atoms with van der Waals surface area (Å²) in [5, 5.41) is 0. The number of hydrogen-bond acceptors (Lipinski definition) is 1. The molecule has 0 aliphatic rings. The second-order valence-electron chi connectivity index (χ2n) is 6.58. The Labute approximate surface area is 146 Å². The first-order valence-electron chi connectivity index (χ1n) is 8.95. The van der Waals surface area contributed by atoms with Gasteiger partial charge in [0.25, 0.3) is 0 Å². The molecule has 0 rings (SSSR count). The normalized spacial score (nSPS) is 13.4. The van der Waals surface area contributed by atoms with Crippen molar-refractivity contribution in [2.45, 2.75) is 95.6 Å². The molecule has 0 amide bonds. The second-order valence-corrected chi connectivity index (χ2v) is 8.36. The zero-order valence-electron chi connectivity index (χ0n) is 14.5. The molecule has 152 valence electrons. The molecule has 0 bridgehead atoms. The van der Waals surface area contributed by atoms with Crippen LogP contribution in [-0.2, 0) is 4.57 Å². The van der Waals surface area contributed by atoms with E-state index in [1.807, 2.05) is 0 Å². The van der Waals surface area contributed by atoms with E-state index in [9.17, 15) is 26.5 Å². The van der Waals surface area contributed by atoms with Crippen LogP contribution in [0.1, 0.15) is 83.5 Å². The van der Waals surface area contributed by atoms with Crippen LogP contribution in [0.25, 0.3) is 0 Å². The van der Waals surface area contributed by atoms with E-state index in [2.05, 4.69) is 0 Å². The molecule has 0 aliphatic carbocycles. The molecule has 0 spiro atoms. The monoisotopic (exact) mass is 396 g/mol. The van der Waals surface area contributed by atoms with Crippen molar-refractivity contribution in [1.29, 1.82) is 0 Å². The first kappa shape index (κ1) is 24.8. The molecular formula is C16H30F5O3P. The molecule has 0 aromatic carbocycles. The van der Waals surface area contributed by atoms with Crippen LogP contribution in [0.3, 0.4) is 0 Å². The average Bonchev–Trinajstić information content (AvgIpc) is 2.45. The summed E-state index contributed by atoms with van der Waals surface area (Å²) in [4.78, 5) is 17.4. The van der Waals surface area contributed by atoms with Crippen molar-refractivity contribution < 1.29 is 36.3 Å². The van der Waals surface area contributed by atoms with Crippen LogP contribution in [-0.4, -0.2) is 28.0 Å². The van der Waals surface area contributed by atoms with Gasteiger partial charge in [0.2, 0.25) is 0 Å². The molecule has 0 unspecified atom stereocenters. The summed E-state index contributed by atoms with van der Waals surface area (Å²) in [7, 11) is -3.86. The molecule has 0 saturated heterocycles.